The SMILES string of the molecule is Cc1nc(C)c2c(n1)N=CCC=C2. The molecule has 1 aliphatic rings. The Hall–Kier alpha value is -1.51. The molecule has 0 saturated heterocycles. The minimum absolute atomic E-state index is 0.781. The van der Waals surface area contributed by atoms with Gasteiger partial charge in [0.05, 0.1) is 5.69 Å². The van der Waals surface area contributed by atoms with Crippen molar-refractivity contribution in [2.75, 3.05) is 0 Å². The second-order valence-electron chi connectivity index (χ2n) is 3.04. The Morgan fingerprint density at radius 3 is 2.92 bits per heavy atom. The zero-order valence-corrected chi connectivity index (χ0v) is 7.78. The minimum Gasteiger partial charge on any atom is -0.241 e. The van der Waals surface area contributed by atoms with Crippen molar-refractivity contribution in [1.82, 2.24) is 9.97 Å². The molecule has 1 aliphatic heterocycles. The fraction of sp³-hybridized carbons (Fsp3) is 0.300. The standard InChI is InChI=1S/C10H11N3/c1-7-9-5-3-4-6-11-10(9)13-8(2)12-7/h3,5-6H,4H2,1-2H3. The van der Waals surface area contributed by atoms with E-state index in [2.05, 4.69) is 21.0 Å². The molecule has 3 heteroatoms. The van der Waals surface area contributed by atoms with Gasteiger partial charge in [-0.25, -0.2) is 15.0 Å². The van der Waals surface area contributed by atoms with E-state index in [4.69, 9.17) is 0 Å². The Balaban J connectivity index is 2.67. The maximum atomic E-state index is 4.29. The number of allylic oxidation sites excluding steroid dienone is 1. The van der Waals surface area contributed by atoms with E-state index in [0.717, 1.165) is 29.3 Å². The fourth-order valence-electron chi connectivity index (χ4n) is 1.38. The van der Waals surface area contributed by atoms with Gasteiger partial charge >= 0.3 is 0 Å². The summed E-state index contributed by atoms with van der Waals surface area (Å²) in [6, 6.07) is 0. The number of fused-ring (bicyclic) bond motifs is 1. The second-order valence-corrected chi connectivity index (χ2v) is 3.04. The summed E-state index contributed by atoms with van der Waals surface area (Å²) in [6.45, 7) is 3.87. The van der Waals surface area contributed by atoms with E-state index in [0.29, 0.717) is 0 Å². The van der Waals surface area contributed by atoms with Gasteiger partial charge in [-0.3, -0.25) is 0 Å². The molecule has 13 heavy (non-hydrogen) atoms. The van der Waals surface area contributed by atoms with Crippen molar-refractivity contribution in [3.8, 4) is 0 Å². The third-order valence-electron chi connectivity index (χ3n) is 1.97. The maximum absolute atomic E-state index is 4.29. The molecule has 0 N–H and O–H groups in total. The molecule has 2 heterocycles. The molecule has 0 fully saturated rings. The van der Waals surface area contributed by atoms with E-state index in [1.807, 2.05) is 26.1 Å². The van der Waals surface area contributed by atoms with Gasteiger partial charge in [-0.1, -0.05) is 12.2 Å². The number of aliphatic imine (C=N–C) groups is 1. The van der Waals surface area contributed by atoms with Gasteiger partial charge in [0.15, 0.2) is 5.82 Å². The molecular formula is C10H11N3. The number of nitrogens with zero attached hydrogens (tertiary/aromatic N) is 3. The molecule has 0 radical (unpaired) electrons. The third kappa shape index (κ3) is 1.49. The summed E-state index contributed by atoms with van der Waals surface area (Å²) in [7, 11) is 0. The average Bonchev–Trinajstić information content (AvgIpc) is 2.28. The molecule has 1 aromatic heterocycles. The van der Waals surface area contributed by atoms with Gasteiger partial charge < -0.3 is 0 Å². The average molecular weight is 173 g/mol. The molecule has 2 rings (SSSR count). The summed E-state index contributed by atoms with van der Waals surface area (Å²) in [5, 5.41) is 0. The molecule has 0 aromatic carbocycles. The van der Waals surface area contributed by atoms with E-state index in [-0.39, 0.29) is 0 Å². The van der Waals surface area contributed by atoms with Crippen molar-refractivity contribution < 1.29 is 0 Å². The number of hydrogen-bond acceptors (Lipinski definition) is 3. The van der Waals surface area contributed by atoms with Gasteiger partial charge in [-0.15, -0.1) is 0 Å². The van der Waals surface area contributed by atoms with Crippen LogP contribution in [0.4, 0.5) is 5.82 Å². The maximum Gasteiger partial charge on any atom is 0.162 e. The second kappa shape index (κ2) is 3.09. The van der Waals surface area contributed by atoms with Crippen molar-refractivity contribution in [2.24, 2.45) is 4.99 Å². The lowest BCUT2D eigenvalue weighted by atomic mass is 10.2. The Labute approximate surface area is 77.3 Å². The van der Waals surface area contributed by atoms with Crippen LogP contribution in [0.3, 0.4) is 0 Å². The van der Waals surface area contributed by atoms with Gasteiger partial charge in [0.2, 0.25) is 0 Å². The van der Waals surface area contributed by atoms with E-state index in [1.165, 1.54) is 0 Å². The van der Waals surface area contributed by atoms with Crippen LogP contribution in [-0.2, 0) is 0 Å². The lowest BCUT2D eigenvalue weighted by molar-refractivity contribution is 1.00. The summed E-state index contributed by atoms with van der Waals surface area (Å²) in [5.41, 5.74) is 2.04. The normalized spacial score (nSPS) is 14.0. The highest BCUT2D eigenvalue weighted by Gasteiger charge is 2.06. The first-order valence-corrected chi connectivity index (χ1v) is 4.31. The Morgan fingerprint density at radius 1 is 1.23 bits per heavy atom. The molecule has 0 spiro atoms. The van der Waals surface area contributed by atoms with E-state index >= 15 is 0 Å². The Morgan fingerprint density at radius 2 is 2.08 bits per heavy atom. The summed E-state index contributed by atoms with van der Waals surface area (Å²) in [5.74, 6) is 1.57. The lowest BCUT2D eigenvalue weighted by Crippen LogP contribution is -1.94. The Bertz CT molecular complexity index is 391. The van der Waals surface area contributed by atoms with Crippen LogP contribution in [0.15, 0.2) is 11.1 Å². The van der Waals surface area contributed by atoms with Gasteiger partial charge in [0.1, 0.15) is 5.82 Å². The van der Waals surface area contributed by atoms with Gasteiger partial charge in [-0.2, -0.15) is 0 Å². The van der Waals surface area contributed by atoms with Crippen LogP contribution >= 0.6 is 0 Å². The van der Waals surface area contributed by atoms with Gasteiger partial charge in [-0.05, 0) is 13.8 Å². The first-order valence-electron chi connectivity index (χ1n) is 4.31. The quantitative estimate of drug-likeness (QED) is 0.603. The van der Waals surface area contributed by atoms with Gasteiger partial charge in [0, 0.05) is 18.2 Å². The highest BCUT2D eigenvalue weighted by Crippen LogP contribution is 2.22. The van der Waals surface area contributed by atoms with Crippen molar-refractivity contribution in [3.05, 3.63) is 23.2 Å². The molecule has 0 unspecified atom stereocenters. The van der Waals surface area contributed by atoms with Crippen LogP contribution in [0, 0.1) is 13.8 Å². The number of aryl methyl sites for hydroxylation is 2. The predicted molar refractivity (Wildman–Crippen MR) is 53.3 cm³/mol. The molecule has 0 aliphatic carbocycles. The van der Waals surface area contributed by atoms with Crippen LogP contribution in [-0.4, -0.2) is 16.2 Å². The highest BCUT2D eigenvalue weighted by atomic mass is 15.0. The fourth-order valence-corrected chi connectivity index (χ4v) is 1.38. The van der Waals surface area contributed by atoms with Crippen molar-refractivity contribution in [3.63, 3.8) is 0 Å². The van der Waals surface area contributed by atoms with Crippen molar-refractivity contribution in [2.45, 2.75) is 20.3 Å². The molecule has 1 aromatic rings. The van der Waals surface area contributed by atoms with Crippen LogP contribution in [0.25, 0.3) is 6.08 Å². The van der Waals surface area contributed by atoms with E-state index < -0.39 is 0 Å². The van der Waals surface area contributed by atoms with Gasteiger partial charge in [0.25, 0.3) is 0 Å². The molecule has 0 saturated carbocycles. The first kappa shape index (κ1) is 8.10. The topological polar surface area (TPSA) is 38.1 Å². The number of aromatic nitrogens is 2. The number of hydrogen-bond donors (Lipinski definition) is 0. The highest BCUT2D eigenvalue weighted by molar-refractivity contribution is 5.74. The molecule has 66 valence electrons. The number of rotatable bonds is 0. The van der Waals surface area contributed by atoms with E-state index in [9.17, 15) is 0 Å². The zero-order valence-electron chi connectivity index (χ0n) is 7.78. The molecule has 0 bridgehead atoms. The minimum atomic E-state index is 0.781. The monoisotopic (exact) mass is 173 g/mol. The lowest BCUT2D eigenvalue weighted by Gasteiger charge is -2.03. The first-order chi connectivity index (χ1) is 6.27. The zero-order chi connectivity index (χ0) is 9.26. The van der Waals surface area contributed by atoms with Crippen LogP contribution in [0.5, 0.6) is 0 Å². The predicted octanol–water partition coefficient (Wildman–Crippen LogP) is 2.21. The van der Waals surface area contributed by atoms with E-state index in [1.54, 1.807) is 0 Å². The summed E-state index contributed by atoms with van der Waals surface area (Å²) >= 11 is 0. The largest absolute Gasteiger partial charge is 0.241 e. The third-order valence-corrected chi connectivity index (χ3v) is 1.97. The Kier molecular flexibility index (Phi) is 1.93. The van der Waals surface area contributed by atoms with Crippen LogP contribution in [0.2, 0.25) is 0 Å². The summed E-state index contributed by atoms with van der Waals surface area (Å²) in [4.78, 5) is 12.8. The molecule has 3 nitrogen and oxygen atoms in total. The summed E-state index contributed by atoms with van der Waals surface area (Å²) < 4.78 is 0. The van der Waals surface area contributed by atoms with Crippen LogP contribution < -0.4 is 0 Å². The van der Waals surface area contributed by atoms with Crippen LogP contribution in [0.1, 0.15) is 23.5 Å². The molecular weight excluding hydrogens is 162 g/mol. The van der Waals surface area contributed by atoms with Crippen molar-refractivity contribution >= 4 is 18.1 Å². The molecule has 0 atom stereocenters. The van der Waals surface area contributed by atoms with Crippen molar-refractivity contribution in [1.29, 1.82) is 0 Å². The summed E-state index contributed by atoms with van der Waals surface area (Å²) in [6.07, 6.45) is 6.85. The molecule has 0 amide bonds. The smallest absolute Gasteiger partial charge is 0.162 e.